The topological polar surface area (TPSA) is 87.3 Å². The van der Waals surface area contributed by atoms with Crippen molar-refractivity contribution in [1.29, 1.82) is 0 Å². The lowest BCUT2D eigenvalue weighted by molar-refractivity contribution is -0.124. The van der Waals surface area contributed by atoms with Crippen LogP contribution in [0.2, 0.25) is 0 Å². The normalized spacial score (nSPS) is 18.7. The van der Waals surface area contributed by atoms with Gasteiger partial charge in [0.25, 0.3) is 0 Å². The molecule has 0 radical (unpaired) electrons. The van der Waals surface area contributed by atoms with Crippen molar-refractivity contribution in [3.63, 3.8) is 0 Å². The van der Waals surface area contributed by atoms with Crippen molar-refractivity contribution in [2.24, 2.45) is 0 Å². The van der Waals surface area contributed by atoms with Crippen LogP contribution >= 0.6 is 0 Å². The highest BCUT2D eigenvalue weighted by molar-refractivity contribution is 7.89. The maximum Gasteiger partial charge on any atom is 0.237 e. The number of hydrogen-bond acceptors (Lipinski definition) is 4. The first-order chi connectivity index (χ1) is 9.48. The van der Waals surface area contributed by atoms with E-state index in [-0.39, 0.29) is 30.3 Å². The average molecular weight is 305 g/mol. The summed E-state index contributed by atoms with van der Waals surface area (Å²) in [4.78, 5) is 12.1. The molecule has 1 amide bonds. The van der Waals surface area contributed by atoms with Crippen molar-refractivity contribution in [1.82, 2.24) is 15.4 Å². The van der Waals surface area contributed by atoms with Crippen LogP contribution in [0.25, 0.3) is 0 Å². The summed E-state index contributed by atoms with van der Waals surface area (Å²) in [6.07, 6.45) is 6.36. The molecule has 1 fully saturated rings. The van der Waals surface area contributed by atoms with Crippen LogP contribution in [-0.2, 0) is 14.8 Å². The zero-order valence-electron chi connectivity index (χ0n) is 12.4. The molecule has 0 aliphatic heterocycles. The van der Waals surface area contributed by atoms with Gasteiger partial charge in [0, 0.05) is 12.6 Å². The Morgan fingerprint density at radius 3 is 2.45 bits per heavy atom. The minimum atomic E-state index is -3.22. The van der Waals surface area contributed by atoms with Crippen molar-refractivity contribution >= 4 is 15.9 Å². The molecule has 0 unspecified atom stereocenters. The van der Waals surface area contributed by atoms with E-state index in [0.29, 0.717) is 6.42 Å². The molecular formula is C13H27N3O3S. The number of sulfonamides is 1. The van der Waals surface area contributed by atoms with Crippen molar-refractivity contribution in [3.8, 4) is 0 Å². The van der Waals surface area contributed by atoms with Crippen LogP contribution in [0.3, 0.4) is 0 Å². The Morgan fingerprint density at radius 1 is 1.25 bits per heavy atom. The fraction of sp³-hybridized carbons (Fsp3) is 0.923. The van der Waals surface area contributed by atoms with E-state index in [0.717, 1.165) is 12.8 Å². The third kappa shape index (κ3) is 6.19. The van der Waals surface area contributed by atoms with Gasteiger partial charge in [-0.15, -0.1) is 0 Å². The molecule has 1 aliphatic rings. The molecule has 6 nitrogen and oxygen atoms in total. The summed E-state index contributed by atoms with van der Waals surface area (Å²) in [5, 5.41) is 6.08. The Morgan fingerprint density at radius 2 is 1.90 bits per heavy atom. The second-order valence-electron chi connectivity index (χ2n) is 5.28. The van der Waals surface area contributed by atoms with Crippen LogP contribution < -0.4 is 15.4 Å². The highest BCUT2D eigenvalue weighted by Crippen LogP contribution is 2.17. The third-order valence-corrected chi connectivity index (χ3v) is 5.11. The second-order valence-corrected chi connectivity index (χ2v) is 7.33. The molecule has 0 heterocycles. The summed E-state index contributed by atoms with van der Waals surface area (Å²) in [7, 11) is -1.83. The molecule has 3 N–H and O–H groups in total. The van der Waals surface area contributed by atoms with E-state index in [1.165, 1.54) is 26.3 Å². The first kappa shape index (κ1) is 17.4. The van der Waals surface area contributed by atoms with Gasteiger partial charge in [0.05, 0.1) is 11.8 Å². The standard InChI is InChI=1S/C13H27N3O3S/c1-3-12(15-9-10-20(18,19)14-2)13(17)16-11-7-5-4-6-8-11/h11-12,14-15H,3-10H2,1-2H3,(H,16,17)/t12-/m0/s1. The van der Waals surface area contributed by atoms with Crippen LogP contribution in [0.1, 0.15) is 45.4 Å². The Kier molecular flexibility index (Phi) is 7.47. The average Bonchev–Trinajstić information content (AvgIpc) is 2.44. The van der Waals surface area contributed by atoms with E-state index in [2.05, 4.69) is 15.4 Å². The lowest BCUT2D eigenvalue weighted by Gasteiger charge is -2.25. The van der Waals surface area contributed by atoms with E-state index in [4.69, 9.17) is 0 Å². The predicted octanol–water partition coefficient (Wildman–Crippen LogP) is 0.353. The molecule has 20 heavy (non-hydrogen) atoms. The zero-order chi connectivity index (χ0) is 15.0. The van der Waals surface area contributed by atoms with Gasteiger partial charge in [-0.2, -0.15) is 0 Å². The molecule has 0 aromatic heterocycles. The second kappa shape index (κ2) is 8.59. The van der Waals surface area contributed by atoms with E-state index in [1.54, 1.807) is 0 Å². The van der Waals surface area contributed by atoms with Crippen molar-refractivity contribution < 1.29 is 13.2 Å². The van der Waals surface area contributed by atoms with Crippen LogP contribution in [0.15, 0.2) is 0 Å². The number of carbonyl (C=O) groups excluding carboxylic acids is 1. The van der Waals surface area contributed by atoms with Gasteiger partial charge < -0.3 is 10.6 Å². The van der Waals surface area contributed by atoms with Gasteiger partial charge in [-0.1, -0.05) is 26.2 Å². The van der Waals surface area contributed by atoms with Crippen molar-refractivity contribution in [2.45, 2.75) is 57.5 Å². The Bertz CT molecular complexity index is 392. The van der Waals surface area contributed by atoms with E-state index >= 15 is 0 Å². The van der Waals surface area contributed by atoms with Crippen LogP contribution in [-0.4, -0.2) is 45.8 Å². The van der Waals surface area contributed by atoms with Gasteiger partial charge in [-0.3, -0.25) is 4.79 Å². The highest BCUT2D eigenvalue weighted by atomic mass is 32.2. The van der Waals surface area contributed by atoms with E-state index in [9.17, 15) is 13.2 Å². The SMILES string of the molecule is CC[C@H](NCCS(=O)(=O)NC)C(=O)NC1CCCCC1. The van der Waals surface area contributed by atoms with Gasteiger partial charge in [-0.05, 0) is 26.3 Å². The number of hydrogen-bond donors (Lipinski definition) is 3. The molecule has 7 heteroatoms. The molecular weight excluding hydrogens is 278 g/mol. The van der Waals surface area contributed by atoms with Crippen LogP contribution in [0.4, 0.5) is 0 Å². The summed E-state index contributed by atoms with van der Waals surface area (Å²) < 4.78 is 24.9. The summed E-state index contributed by atoms with van der Waals surface area (Å²) in [5.41, 5.74) is 0. The van der Waals surface area contributed by atoms with Gasteiger partial charge in [-0.25, -0.2) is 13.1 Å². The van der Waals surface area contributed by atoms with Gasteiger partial charge in [0.15, 0.2) is 0 Å². The number of nitrogens with one attached hydrogen (secondary N) is 3. The lowest BCUT2D eigenvalue weighted by atomic mass is 9.95. The minimum absolute atomic E-state index is 0.0127. The summed E-state index contributed by atoms with van der Waals surface area (Å²) in [5.74, 6) is -0.0299. The Hall–Kier alpha value is -0.660. The fourth-order valence-electron chi connectivity index (χ4n) is 2.44. The number of amides is 1. The number of rotatable bonds is 8. The monoisotopic (exact) mass is 305 g/mol. The number of carbonyl (C=O) groups is 1. The fourth-order valence-corrected chi connectivity index (χ4v) is 3.03. The maximum atomic E-state index is 12.1. The quantitative estimate of drug-likeness (QED) is 0.604. The first-order valence-electron chi connectivity index (χ1n) is 7.43. The zero-order valence-corrected chi connectivity index (χ0v) is 13.3. The minimum Gasteiger partial charge on any atom is -0.352 e. The molecule has 118 valence electrons. The van der Waals surface area contributed by atoms with Gasteiger partial charge in [0.1, 0.15) is 0 Å². The highest BCUT2D eigenvalue weighted by Gasteiger charge is 2.21. The van der Waals surface area contributed by atoms with Gasteiger partial charge in [0.2, 0.25) is 15.9 Å². The predicted molar refractivity (Wildman–Crippen MR) is 79.9 cm³/mol. The maximum absolute atomic E-state index is 12.1. The molecule has 1 saturated carbocycles. The van der Waals surface area contributed by atoms with Gasteiger partial charge >= 0.3 is 0 Å². The molecule has 0 saturated heterocycles. The Balaban J connectivity index is 2.34. The van der Waals surface area contributed by atoms with Crippen LogP contribution in [0.5, 0.6) is 0 Å². The summed E-state index contributed by atoms with van der Waals surface area (Å²) >= 11 is 0. The summed E-state index contributed by atoms with van der Waals surface area (Å²) in [6, 6.07) is -0.0304. The van der Waals surface area contributed by atoms with E-state index < -0.39 is 10.0 Å². The van der Waals surface area contributed by atoms with E-state index in [1.807, 2.05) is 6.92 Å². The molecule has 1 rings (SSSR count). The molecule has 1 aliphatic carbocycles. The smallest absolute Gasteiger partial charge is 0.237 e. The van der Waals surface area contributed by atoms with Crippen molar-refractivity contribution in [2.75, 3.05) is 19.3 Å². The Labute approximate surface area is 122 Å². The summed E-state index contributed by atoms with van der Waals surface area (Å²) in [6.45, 7) is 2.20. The largest absolute Gasteiger partial charge is 0.352 e. The van der Waals surface area contributed by atoms with Crippen molar-refractivity contribution in [3.05, 3.63) is 0 Å². The third-order valence-electron chi connectivity index (χ3n) is 3.75. The molecule has 0 aromatic rings. The molecule has 1 atom stereocenters. The first-order valence-corrected chi connectivity index (χ1v) is 9.08. The molecule has 0 aromatic carbocycles. The molecule has 0 spiro atoms. The molecule has 0 bridgehead atoms. The van der Waals surface area contributed by atoms with Crippen LogP contribution in [0, 0.1) is 0 Å². The lowest BCUT2D eigenvalue weighted by Crippen LogP contribution is -2.49.